The molecule has 0 spiro atoms. The molecule has 0 saturated carbocycles. The van der Waals surface area contributed by atoms with Crippen LogP contribution in [0.2, 0.25) is 0 Å². The van der Waals surface area contributed by atoms with Crippen molar-refractivity contribution >= 4 is 17.7 Å². The second kappa shape index (κ2) is 6.51. The highest BCUT2D eigenvalue weighted by Gasteiger charge is 2.29. The molecule has 5 nitrogen and oxygen atoms in total. The van der Waals surface area contributed by atoms with E-state index < -0.39 is 17.7 Å². The number of nitrogens with zero attached hydrogens (tertiary/aromatic N) is 1. The quantitative estimate of drug-likeness (QED) is 0.853. The van der Waals surface area contributed by atoms with Crippen molar-refractivity contribution in [3.63, 3.8) is 0 Å². The van der Waals surface area contributed by atoms with Crippen molar-refractivity contribution in [2.24, 2.45) is 5.92 Å². The molecule has 1 aromatic rings. The van der Waals surface area contributed by atoms with Crippen molar-refractivity contribution in [3.05, 3.63) is 29.8 Å². The second-order valence-electron chi connectivity index (χ2n) is 4.86. The number of ether oxygens (including phenoxy) is 1. The molecule has 1 aromatic carbocycles. The smallest absolute Gasteiger partial charge is 0.321 e. The summed E-state index contributed by atoms with van der Waals surface area (Å²) in [4.78, 5) is 25.0. The molecule has 0 radical (unpaired) electrons. The van der Waals surface area contributed by atoms with Gasteiger partial charge in [-0.25, -0.2) is 13.6 Å². The van der Waals surface area contributed by atoms with Crippen molar-refractivity contribution in [2.45, 2.75) is 12.8 Å². The fraction of sp³-hybridized carbons (Fsp3) is 0.429. The maximum absolute atomic E-state index is 13.5. The van der Waals surface area contributed by atoms with E-state index in [1.807, 2.05) is 0 Å². The fourth-order valence-corrected chi connectivity index (χ4v) is 2.31. The third-order valence-corrected chi connectivity index (χ3v) is 3.42. The molecule has 1 aliphatic heterocycles. The van der Waals surface area contributed by atoms with Gasteiger partial charge in [0.05, 0.1) is 18.7 Å². The van der Waals surface area contributed by atoms with E-state index in [2.05, 4.69) is 10.1 Å². The highest BCUT2D eigenvalue weighted by Crippen LogP contribution is 2.20. The molecule has 7 heteroatoms. The summed E-state index contributed by atoms with van der Waals surface area (Å²) in [5.41, 5.74) is -0.0957. The zero-order valence-electron chi connectivity index (χ0n) is 11.6. The number of esters is 1. The topological polar surface area (TPSA) is 58.6 Å². The van der Waals surface area contributed by atoms with E-state index in [0.29, 0.717) is 25.5 Å². The lowest BCUT2D eigenvalue weighted by Crippen LogP contribution is -2.44. The van der Waals surface area contributed by atoms with Crippen molar-refractivity contribution < 1.29 is 23.1 Å². The number of anilines is 1. The average Bonchev–Trinajstić information content (AvgIpc) is 2.49. The Morgan fingerprint density at radius 1 is 1.38 bits per heavy atom. The Balaban J connectivity index is 2.01. The minimum Gasteiger partial charge on any atom is -0.469 e. The maximum Gasteiger partial charge on any atom is 0.321 e. The summed E-state index contributed by atoms with van der Waals surface area (Å²) in [6, 6.07) is 2.40. The molecular formula is C14H16F2N2O3. The number of likely N-dealkylation sites (tertiary alicyclic amines) is 1. The maximum atomic E-state index is 13.5. The fourth-order valence-electron chi connectivity index (χ4n) is 2.31. The Kier molecular flexibility index (Phi) is 4.72. The van der Waals surface area contributed by atoms with Crippen LogP contribution in [0.15, 0.2) is 18.2 Å². The van der Waals surface area contributed by atoms with Crippen LogP contribution in [0.5, 0.6) is 0 Å². The van der Waals surface area contributed by atoms with Crippen LogP contribution in [0.4, 0.5) is 19.3 Å². The molecule has 1 aliphatic rings. The van der Waals surface area contributed by atoms with Crippen LogP contribution in [0.1, 0.15) is 12.8 Å². The van der Waals surface area contributed by atoms with Gasteiger partial charge in [0.1, 0.15) is 11.6 Å². The standard InChI is InChI=1S/C14H16F2N2O3/c1-21-13(19)9-3-2-6-18(8-9)14(20)17-12-5-4-10(15)7-11(12)16/h4-5,7,9H,2-3,6,8H2,1H3,(H,17,20). The number of carbonyl (C=O) groups excluding carboxylic acids is 2. The highest BCUT2D eigenvalue weighted by molar-refractivity contribution is 5.90. The Bertz CT molecular complexity index is 551. The van der Waals surface area contributed by atoms with E-state index >= 15 is 0 Å². The third kappa shape index (κ3) is 3.68. The number of piperidine rings is 1. The van der Waals surface area contributed by atoms with Gasteiger partial charge in [-0.05, 0) is 25.0 Å². The molecule has 1 N–H and O–H groups in total. The van der Waals surface area contributed by atoms with Gasteiger partial charge in [-0.3, -0.25) is 4.79 Å². The predicted molar refractivity (Wildman–Crippen MR) is 71.7 cm³/mol. The Morgan fingerprint density at radius 2 is 2.14 bits per heavy atom. The first-order valence-corrected chi connectivity index (χ1v) is 6.60. The molecule has 0 aliphatic carbocycles. The summed E-state index contributed by atoms with van der Waals surface area (Å²) in [6.45, 7) is 0.698. The van der Waals surface area contributed by atoms with Crippen molar-refractivity contribution in [1.82, 2.24) is 4.90 Å². The molecule has 1 fully saturated rings. The summed E-state index contributed by atoms with van der Waals surface area (Å²) in [5.74, 6) is -2.29. The van der Waals surface area contributed by atoms with E-state index in [-0.39, 0.29) is 24.1 Å². The zero-order valence-corrected chi connectivity index (χ0v) is 11.6. The van der Waals surface area contributed by atoms with Gasteiger partial charge in [0.25, 0.3) is 0 Å². The Labute approximate surface area is 120 Å². The van der Waals surface area contributed by atoms with Crippen LogP contribution in [0.25, 0.3) is 0 Å². The van der Waals surface area contributed by atoms with Gasteiger partial charge in [0.2, 0.25) is 0 Å². The molecule has 0 aromatic heterocycles. The first-order valence-electron chi connectivity index (χ1n) is 6.60. The normalized spacial score (nSPS) is 18.2. The van der Waals surface area contributed by atoms with E-state index in [1.165, 1.54) is 12.0 Å². The van der Waals surface area contributed by atoms with Gasteiger partial charge >= 0.3 is 12.0 Å². The van der Waals surface area contributed by atoms with Gasteiger partial charge in [-0.2, -0.15) is 0 Å². The molecule has 21 heavy (non-hydrogen) atoms. The second-order valence-corrected chi connectivity index (χ2v) is 4.86. The molecule has 2 amide bonds. The van der Waals surface area contributed by atoms with E-state index in [1.54, 1.807) is 0 Å². The first kappa shape index (κ1) is 15.2. The Morgan fingerprint density at radius 3 is 2.81 bits per heavy atom. The number of halogens is 2. The summed E-state index contributed by atoms with van der Waals surface area (Å²) in [5, 5.41) is 2.38. The molecular weight excluding hydrogens is 282 g/mol. The lowest BCUT2D eigenvalue weighted by Gasteiger charge is -2.31. The lowest BCUT2D eigenvalue weighted by atomic mass is 9.98. The number of methoxy groups -OCH3 is 1. The molecule has 1 heterocycles. The summed E-state index contributed by atoms with van der Waals surface area (Å²) < 4.78 is 31.0. The van der Waals surface area contributed by atoms with Gasteiger partial charge in [0, 0.05) is 19.2 Å². The predicted octanol–water partition coefficient (Wildman–Crippen LogP) is 2.38. The van der Waals surface area contributed by atoms with E-state index in [9.17, 15) is 18.4 Å². The van der Waals surface area contributed by atoms with Gasteiger partial charge in [-0.1, -0.05) is 0 Å². The van der Waals surface area contributed by atoms with E-state index in [0.717, 1.165) is 12.1 Å². The number of nitrogens with one attached hydrogen (secondary N) is 1. The summed E-state index contributed by atoms with van der Waals surface area (Å²) in [7, 11) is 1.30. The zero-order chi connectivity index (χ0) is 15.4. The van der Waals surface area contributed by atoms with Crippen molar-refractivity contribution in [1.29, 1.82) is 0 Å². The van der Waals surface area contributed by atoms with Crippen LogP contribution < -0.4 is 5.32 Å². The first-order chi connectivity index (χ1) is 10.0. The Hall–Kier alpha value is -2.18. The number of carbonyl (C=O) groups is 2. The van der Waals surface area contributed by atoms with Gasteiger partial charge in [-0.15, -0.1) is 0 Å². The summed E-state index contributed by atoms with van der Waals surface area (Å²) in [6.07, 6.45) is 1.32. The van der Waals surface area contributed by atoms with Crippen LogP contribution in [-0.4, -0.2) is 37.1 Å². The minimum atomic E-state index is -0.843. The molecule has 1 unspecified atom stereocenters. The minimum absolute atomic E-state index is 0.0957. The lowest BCUT2D eigenvalue weighted by molar-refractivity contribution is -0.146. The van der Waals surface area contributed by atoms with E-state index in [4.69, 9.17) is 0 Å². The molecule has 114 valence electrons. The summed E-state index contributed by atoms with van der Waals surface area (Å²) >= 11 is 0. The molecule has 0 bridgehead atoms. The van der Waals surface area contributed by atoms with Crippen LogP contribution >= 0.6 is 0 Å². The number of amides is 2. The SMILES string of the molecule is COC(=O)C1CCCN(C(=O)Nc2ccc(F)cc2F)C1. The number of hydrogen-bond acceptors (Lipinski definition) is 3. The number of benzene rings is 1. The molecule has 1 atom stereocenters. The molecule has 2 rings (SSSR count). The number of hydrogen-bond donors (Lipinski definition) is 1. The average molecular weight is 298 g/mol. The van der Waals surface area contributed by atoms with Crippen LogP contribution in [-0.2, 0) is 9.53 Å². The van der Waals surface area contributed by atoms with Crippen LogP contribution in [0, 0.1) is 17.6 Å². The molecule has 1 saturated heterocycles. The van der Waals surface area contributed by atoms with Gasteiger partial charge in [0.15, 0.2) is 0 Å². The monoisotopic (exact) mass is 298 g/mol. The van der Waals surface area contributed by atoms with Crippen molar-refractivity contribution in [2.75, 3.05) is 25.5 Å². The third-order valence-electron chi connectivity index (χ3n) is 3.42. The van der Waals surface area contributed by atoms with Crippen LogP contribution in [0.3, 0.4) is 0 Å². The highest BCUT2D eigenvalue weighted by atomic mass is 19.1. The number of rotatable bonds is 2. The van der Waals surface area contributed by atoms with Crippen molar-refractivity contribution in [3.8, 4) is 0 Å². The number of urea groups is 1. The van der Waals surface area contributed by atoms with Gasteiger partial charge < -0.3 is 15.0 Å². The largest absolute Gasteiger partial charge is 0.469 e.